The minimum Gasteiger partial charge on any atom is -0.319 e. The molecule has 2 aliphatic heterocycles. The first-order valence-corrected chi connectivity index (χ1v) is 6.69. The van der Waals surface area contributed by atoms with E-state index in [2.05, 4.69) is 17.6 Å². The lowest BCUT2D eigenvalue weighted by molar-refractivity contribution is -0.158. The summed E-state index contributed by atoms with van der Waals surface area (Å²) in [5, 5.41) is 5.50. The van der Waals surface area contributed by atoms with Gasteiger partial charge in [0.15, 0.2) is 0 Å². The number of amides is 3. The second-order valence-corrected chi connectivity index (χ2v) is 6.06. The third-order valence-corrected chi connectivity index (χ3v) is 3.97. The predicted octanol–water partition coefficient (Wildman–Crippen LogP) is -0.504. The Morgan fingerprint density at radius 1 is 1.32 bits per heavy atom. The summed E-state index contributed by atoms with van der Waals surface area (Å²) in [5.74, 6) is -0.641. The maximum Gasteiger partial charge on any atom is 0.252 e. The van der Waals surface area contributed by atoms with Gasteiger partial charge in [0.05, 0.1) is 5.92 Å². The zero-order chi connectivity index (χ0) is 14.2. The van der Waals surface area contributed by atoms with Crippen molar-refractivity contribution in [3.63, 3.8) is 0 Å². The van der Waals surface area contributed by atoms with Crippen LogP contribution in [-0.4, -0.2) is 47.8 Å². The third kappa shape index (κ3) is 2.63. The van der Waals surface area contributed by atoms with Gasteiger partial charge in [-0.15, -0.1) is 0 Å². The molecule has 0 aromatic heterocycles. The molecule has 6 heteroatoms. The lowest BCUT2D eigenvalue weighted by Crippen LogP contribution is -2.67. The zero-order valence-corrected chi connectivity index (χ0v) is 11.7. The third-order valence-electron chi connectivity index (χ3n) is 3.97. The molecule has 2 N–H and O–H groups in total. The smallest absolute Gasteiger partial charge is 0.252 e. The highest BCUT2D eigenvalue weighted by Crippen LogP contribution is 2.24. The number of rotatable bonds is 1. The average molecular weight is 267 g/mol. The van der Waals surface area contributed by atoms with Gasteiger partial charge in [0.2, 0.25) is 11.8 Å². The second kappa shape index (κ2) is 4.92. The normalized spacial score (nSPS) is 31.0. The highest BCUT2D eigenvalue weighted by molar-refractivity contribution is 6.06. The Morgan fingerprint density at radius 2 is 2.00 bits per heavy atom. The minimum absolute atomic E-state index is 0.0392. The summed E-state index contributed by atoms with van der Waals surface area (Å²) in [6.45, 7) is 6.92. The van der Waals surface area contributed by atoms with Gasteiger partial charge in [0, 0.05) is 6.54 Å². The highest BCUT2D eigenvalue weighted by Gasteiger charge is 2.45. The Labute approximate surface area is 112 Å². The summed E-state index contributed by atoms with van der Waals surface area (Å²) >= 11 is 0. The van der Waals surface area contributed by atoms with Crippen LogP contribution in [0.1, 0.15) is 27.2 Å². The van der Waals surface area contributed by atoms with Crippen LogP contribution >= 0.6 is 0 Å². The van der Waals surface area contributed by atoms with Crippen LogP contribution in [0.15, 0.2) is 0 Å². The number of nitrogens with zero attached hydrogens (tertiary/aromatic N) is 1. The molecule has 2 saturated heterocycles. The topological polar surface area (TPSA) is 78.5 Å². The van der Waals surface area contributed by atoms with Crippen LogP contribution in [-0.2, 0) is 14.4 Å². The first kappa shape index (κ1) is 14.0. The Morgan fingerprint density at radius 3 is 2.63 bits per heavy atom. The Balaban J connectivity index is 2.16. The van der Waals surface area contributed by atoms with Gasteiger partial charge in [-0.3, -0.25) is 19.7 Å². The standard InChI is InChI=1S/C13H21N3O3/c1-8-4-9(6-14-5-8)11(18)16-7-10(17)15-12(19)13(16,2)3/h8-9,14H,4-7H2,1-3H3,(H,15,17,19). The molecule has 0 radical (unpaired) electrons. The van der Waals surface area contributed by atoms with E-state index in [1.54, 1.807) is 13.8 Å². The number of carbonyl (C=O) groups excluding carboxylic acids is 3. The fourth-order valence-electron chi connectivity index (χ4n) is 2.70. The van der Waals surface area contributed by atoms with Crippen LogP contribution < -0.4 is 10.6 Å². The molecule has 0 saturated carbocycles. The summed E-state index contributed by atoms with van der Waals surface area (Å²) < 4.78 is 0. The van der Waals surface area contributed by atoms with E-state index in [1.165, 1.54) is 4.90 Å². The number of imide groups is 1. The van der Waals surface area contributed by atoms with Gasteiger partial charge in [0.1, 0.15) is 12.1 Å². The molecule has 0 aliphatic carbocycles. The lowest BCUT2D eigenvalue weighted by Gasteiger charge is -2.42. The van der Waals surface area contributed by atoms with E-state index in [9.17, 15) is 14.4 Å². The molecular weight excluding hydrogens is 246 g/mol. The molecule has 0 spiro atoms. The van der Waals surface area contributed by atoms with E-state index >= 15 is 0 Å². The molecule has 0 bridgehead atoms. The summed E-state index contributed by atoms with van der Waals surface area (Å²) in [6, 6.07) is 0. The van der Waals surface area contributed by atoms with Crippen molar-refractivity contribution in [2.45, 2.75) is 32.7 Å². The maximum atomic E-state index is 12.6. The lowest BCUT2D eigenvalue weighted by atomic mass is 9.88. The van der Waals surface area contributed by atoms with Gasteiger partial charge in [0.25, 0.3) is 5.91 Å². The van der Waals surface area contributed by atoms with Crippen LogP contribution in [0.4, 0.5) is 0 Å². The maximum absolute atomic E-state index is 12.6. The molecule has 0 aromatic rings. The molecule has 3 amide bonds. The number of carbonyl (C=O) groups is 3. The Kier molecular flexibility index (Phi) is 3.62. The molecular formula is C13H21N3O3. The summed E-state index contributed by atoms with van der Waals surface area (Å²) in [7, 11) is 0. The van der Waals surface area contributed by atoms with Crippen molar-refractivity contribution in [2.75, 3.05) is 19.6 Å². The largest absolute Gasteiger partial charge is 0.319 e. The SMILES string of the molecule is CC1CNCC(C(=O)N2CC(=O)NC(=O)C2(C)C)C1. The van der Waals surface area contributed by atoms with E-state index in [4.69, 9.17) is 0 Å². The number of piperazine rings is 1. The van der Waals surface area contributed by atoms with Gasteiger partial charge in [-0.1, -0.05) is 6.92 Å². The zero-order valence-electron chi connectivity index (χ0n) is 11.7. The van der Waals surface area contributed by atoms with Crippen molar-refractivity contribution >= 4 is 17.7 Å². The van der Waals surface area contributed by atoms with Gasteiger partial charge in [-0.2, -0.15) is 0 Å². The van der Waals surface area contributed by atoms with Gasteiger partial charge >= 0.3 is 0 Å². The summed E-state index contributed by atoms with van der Waals surface area (Å²) in [4.78, 5) is 37.3. The summed E-state index contributed by atoms with van der Waals surface area (Å²) in [6.07, 6.45) is 0.800. The van der Waals surface area contributed by atoms with Gasteiger partial charge in [-0.25, -0.2) is 0 Å². The first-order chi connectivity index (χ1) is 8.82. The van der Waals surface area contributed by atoms with Crippen LogP contribution in [0.3, 0.4) is 0 Å². The summed E-state index contributed by atoms with van der Waals surface area (Å²) in [5.41, 5.74) is -0.967. The molecule has 6 nitrogen and oxygen atoms in total. The molecule has 2 atom stereocenters. The molecule has 2 aliphatic rings. The van der Waals surface area contributed by atoms with E-state index in [1.807, 2.05) is 0 Å². The predicted molar refractivity (Wildman–Crippen MR) is 69.1 cm³/mol. The Hall–Kier alpha value is -1.43. The van der Waals surface area contributed by atoms with E-state index in [0.29, 0.717) is 12.5 Å². The molecule has 19 heavy (non-hydrogen) atoms. The van der Waals surface area contributed by atoms with Crippen molar-refractivity contribution in [3.8, 4) is 0 Å². The van der Waals surface area contributed by atoms with Crippen LogP contribution in [0.25, 0.3) is 0 Å². The molecule has 2 rings (SSSR count). The second-order valence-electron chi connectivity index (χ2n) is 6.06. The quantitative estimate of drug-likeness (QED) is 0.628. The molecule has 2 fully saturated rings. The Bertz CT molecular complexity index is 419. The number of hydrogen-bond donors (Lipinski definition) is 2. The van der Waals surface area contributed by atoms with Gasteiger partial charge < -0.3 is 10.2 Å². The number of piperidine rings is 1. The van der Waals surface area contributed by atoms with Crippen molar-refractivity contribution in [1.29, 1.82) is 0 Å². The molecule has 106 valence electrons. The van der Waals surface area contributed by atoms with Crippen LogP contribution in [0.2, 0.25) is 0 Å². The van der Waals surface area contributed by atoms with E-state index < -0.39 is 17.4 Å². The van der Waals surface area contributed by atoms with Crippen LogP contribution in [0, 0.1) is 11.8 Å². The number of nitrogens with one attached hydrogen (secondary N) is 2. The van der Waals surface area contributed by atoms with E-state index in [0.717, 1.165) is 13.0 Å². The van der Waals surface area contributed by atoms with Crippen molar-refractivity contribution in [2.24, 2.45) is 11.8 Å². The van der Waals surface area contributed by atoms with Crippen molar-refractivity contribution < 1.29 is 14.4 Å². The van der Waals surface area contributed by atoms with Crippen molar-refractivity contribution in [1.82, 2.24) is 15.5 Å². The van der Waals surface area contributed by atoms with Crippen molar-refractivity contribution in [3.05, 3.63) is 0 Å². The molecule has 0 aromatic carbocycles. The highest BCUT2D eigenvalue weighted by atomic mass is 16.2. The molecule has 2 unspecified atom stereocenters. The number of hydrogen-bond acceptors (Lipinski definition) is 4. The molecule has 2 heterocycles. The van der Waals surface area contributed by atoms with Crippen LogP contribution in [0.5, 0.6) is 0 Å². The average Bonchev–Trinajstić information content (AvgIpc) is 2.33. The van der Waals surface area contributed by atoms with E-state index in [-0.39, 0.29) is 18.4 Å². The fraction of sp³-hybridized carbons (Fsp3) is 0.769. The monoisotopic (exact) mass is 267 g/mol. The minimum atomic E-state index is -0.967. The fourth-order valence-corrected chi connectivity index (χ4v) is 2.70. The van der Waals surface area contributed by atoms with Gasteiger partial charge in [-0.05, 0) is 32.7 Å². The first-order valence-electron chi connectivity index (χ1n) is 6.69.